The summed E-state index contributed by atoms with van der Waals surface area (Å²) in [6.07, 6.45) is -1.61. The predicted molar refractivity (Wildman–Crippen MR) is 141 cm³/mol. The molecule has 0 aliphatic carbocycles. The topological polar surface area (TPSA) is 219 Å². The van der Waals surface area contributed by atoms with Crippen molar-refractivity contribution in [3.05, 3.63) is 0 Å². The zero-order valence-corrected chi connectivity index (χ0v) is 24.1. The van der Waals surface area contributed by atoms with Gasteiger partial charge < -0.3 is 36.4 Å². The molecule has 0 aromatic carbocycles. The van der Waals surface area contributed by atoms with E-state index in [1.807, 2.05) is 0 Å². The molecule has 0 aliphatic heterocycles. The van der Waals surface area contributed by atoms with Crippen molar-refractivity contribution in [1.29, 1.82) is 0 Å². The van der Waals surface area contributed by atoms with E-state index in [-0.39, 0.29) is 12.3 Å². The Morgan fingerprint density at radius 3 is 1.72 bits per heavy atom. The van der Waals surface area contributed by atoms with Crippen molar-refractivity contribution in [2.45, 2.75) is 102 Å². The third-order valence-corrected chi connectivity index (χ3v) is 7.32. The lowest BCUT2D eigenvalue weighted by molar-refractivity contribution is -0.181. The Kier molecular flexibility index (Phi) is 13.9. The second-order valence-electron chi connectivity index (χ2n) is 10.2. The van der Waals surface area contributed by atoms with Gasteiger partial charge in [-0.2, -0.15) is 0 Å². The Hall–Kier alpha value is -2.42. The van der Waals surface area contributed by atoms with Crippen LogP contribution in [0.25, 0.3) is 0 Å². The largest absolute Gasteiger partial charge is 0.479 e. The van der Waals surface area contributed by atoms with E-state index in [0.717, 1.165) is 6.92 Å². The fourth-order valence-corrected chi connectivity index (χ4v) is 4.30. The van der Waals surface area contributed by atoms with E-state index < -0.39 is 82.7 Å². The number of nitrogens with one attached hydrogen (secondary N) is 3. The van der Waals surface area contributed by atoms with Crippen LogP contribution in [-0.2, 0) is 28.8 Å². The summed E-state index contributed by atoms with van der Waals surface area (Å²) in [5, 5.41) is 50.8. The fraction of sp³-hybridized carbons (Fsp3) is 0.769. The lowest BCUT2D eigenvalue weighted by atomic mass is 9.72. The van der Waals surface area contributed by atoms with Crippen molar-refractivity contribution >= 4 is 34.9 Å². The molecule has 13 heteroatoms. The number of aliphatic hydroxyl groups is 3. The summed E-state index contributed by atoms with van der Waals surface area (Å²) in [6, 6.07) is -3.28. The molecule has 7 atom stereocenters. The highest BCUT2D eigenvalue weighted by atomic mass is 16.4. The van der Waals surface area contributed by atoms with Gasteiger partial charge in [-0.3, -0.25) is 24.0 Å². The number of carboxylic acids is 1. The first-order valence-corrected chi connectivity index (χ1v) is 13.0. The minimum atomic E-state index is -3.61. The smallest absolute Gasteiger partial charge is 0.344 e. The van der Waals surface area contributed by atoms with Crippen LogP contribution in [0.15, 0.2) is 0 Å². The molecule has 0 rings (SSSR count). The Labute approximate surface area is 229 Å². The Morgan fingerprint density at radius 2 is 1.33 bits per heavy atom. The van der Waals surface area contributed by atoms with E-state index in [1.165, 1.54) is 28.1 Å². The maximum atomic E-state index is 13.6. The van der Waals surface area contributed by atoms with Crippen LogP contribution in [0.1, 0.15) is 66.7 Å². The molecule has 4 unspecified atom stereocenters. The second kappa shape index (κ2) is 14.8. The predicted octanol–water partition coefficient (Wildman–Crippen LogP) is -1.46. The van der Waals surface area contributed by atoms with Crippen LogP contribution in [-0.4, -0.2) is 111 Å². The number of ketones is 5. The summed E-state index contributed by atoms with van der Waals surface area (Å²) in [4.78, 5) is 78.0. The highest BCUT2D eigenvalue weighted by molar-refractivity contribution is 6.25. The monoisotopic (exact) mass is 559 g/mol. The van der Waals surface area contributed by atoms with Crippen LogP contribution in [0.4, 0.5) is 0 Å². The van der Waals surface area contributed by atoms with Gasteiger partial charge in [-0.05, 0) is 47.3 Å². The summed E-state index contributed by atoms with van der Waals surface area (Å²) in [5.74, 6) is -9.31. The van der Waals surface area contributed by atoms with Crippen LogP contribution in [0.2, 0.25) is 0 Å². The van der Waals surface area contributed by atoms with E-state index in [2.05, 4.69) is 16.0 Å². The first-order valence-electron chi connectivity index (χ1n) is 13.0. The maximum Gasteiger partial charge on any atom is 0.344 e. The Balaban J connectivity index is 6.74. The average Bonchev–Trinajstić information content (AvgIpc) is 2.89. The van der Waals surface area contributed by atoms with Gasteiger partial charge in [0.25, 0.3) is 0 Å². The van der Waals surface area contributed by atoms with Gasteiger partial charge in [0.05, 0.1) is 31.0 Å². The molecule has 0 radical (unpaired) electrons. The van der Waals surface area contributed by atoms with Crippen LogP contribution in [0.5, 0.6) is 0 Å². The zero-order chi connectivity index (χ0) is 30.9. The number of hydrogen-bond acceptors (Lipinski definition) is 12. The van der Waals surface area contributed by atoms with Gasteiger partial charge in [0.1, 0.15) is 0 Å². The SMILES string of the molecule is CCC[C@H](NC)C(=O)C(C)(O)C(=O)CC(O)(C(=O)[C@H](C)NC)C(=O)C(O)(CC(=O)[C@H](NC)C(C)CC)C(=O)O. The van der Waals surface area contributed by atoms with Crippen molar-refractivity contribution in [2.75, 3.05) is 21.1 Å². The normalized spacial score (nSPS) is 19.4. The molecule has 0 aliphatic rings. The zero-order valence-electron chi connectivity index (χ0n) is 24.1. The standard InChI is InChI=1S/C26H45N3O10/c1-9-11-16(28-7)21(33)24(5,37)18(31)13-25(38,20(32)15(4)27-6)22(34)26(39,23(35)36)12-17(30)19(29-8)14(3)10-2/h14-16,19,27-29,37-39H,9-13H2,1-8H3,(H,35,36)/t14?,15-,16-,19+,24?,25?,26?/m0/s1. The number of Topliss-reactive ketones (excluding diaryl/α,β-unsaturated/α-hetero) is 5. The van der Waals surface area contributed by atoms with Gasteiger partial charge in [0.2, 0.25) is 11.4 Å². The number of hydrogen-bond donors (Lipinski definition) is 7. The number of carboxylic acid groups (broad SMARTS) is 1. The number of likely N-dealkylation sites (N-methyl/N-ethyl adjacent to an activating group) is 3. The lowest BCUT2D eigenvalue weighted by Crippen LogP contribution is -2.66. The first kappa shape index (κ1) is 36.6. The summed E-state index contributed by atoms with van der Waals surface area (Å²) in [7, 11) is 4.14. The molecule has 0 saturated carbocycles. The molecule has 0 aromatic heterocycles. The van der Waals surface area contributed by atoms with Gasteiger partial charge in [0, 0.05) is 0 Å². The molecular weight excluding hydrogens is 514 g/mol. The van der Waals surface area contributed by atoms with Gasteiger partial charge in [0.15, 0.2) is 34.3 Å². The number of carbonyl (C=O) groups excluding carboxylic acids is 5. The van der Waals surface area contributed by atoms with Crippen LogP contribution >= 0.6 is 0 Å². The molecule has 0 spiro atoms. The molecule has 0 bridgehead atoms. The summed E-state index contributed by atoms with van der Waals surface area (Å²) >= 11 is 0. The minimum Gasteiger partial charge on any atom is -0.479 e. The van der Waals surface area contributed by atoms with Crippen molar-refractivity contribution in [3.63, 3.8) is 0 Å². The number of rotatable bonds is 20. The number of carbonyl (C=O) groups is 6. The van der Waals surface area contributed by atoms with Crippen LogP contribution in [0, 0.1) is 5.92 Å². The average molecular weight is 560 g/mol. The lowest BCUT2D eigenvalue weighted by Gasteiger charge is -2.35. The molecule has 0 saturated heterocycles. The van der Waals surface area contributed by atoms with Crippen molar-refractivity contribution in [3.8, 4) is 0 Å². The van der Waals surface area contributed by atoms with E-state index in [9.17, 15) is 49.2 Å². The third-order valence-electron chi connectivity index (χ3n) is 7.32. The van der Waals surface area contributed by atoms with Crippen LogP contribution in [0.3, 0.4) is 0 Å². The highest BCUT2D eigenvalue weighted by Gasteiger charge is 2.61. The number of aliphatic carboxylic acids is 1. The molecule has 0 aromatic rings. The molecule has 0 heterocycles. The van der Waals surface area contributed by atoms with Gasteiger partial charge in [-0.25, -0.2) is 4.79 Å². The Morgan fingerprint density at radius 1 is 0.795 bits per heavy atom. The minimum absolute atomic E-state index is 0.237. The highest BCUT2D eigenvalue weighted by Crippen LogP contribution is 2.30. The quantitative estimate of drug-likeness (QED) is 0.0849. The molecule has 39 heavy (non-hydrogen) atoms. The van der Waals surface area contributed by atoms with E-state index >= 15 is 0 Å². The van der Waals surface area contributed by atoms with Crippen molar-refractivity contribution < 1.29 is 49.2 Å². The molecular formula is C26H45N3O10. The van der Waals surface area contributed by atoms with E-state index in [1.54, 1.807) is 20.8 Å². The molecule has 7 N–H and O–H groups in total. The van der Waals surface area contributed by atoms with E-state index in [0.29, 0.717) is 12.8 Å². The first-order chi connectivity index (χ1) is 17.9. The van der Waals surface area contributed by atoms with Crippen molar-refractivity contribution in [1.82, 2.24) is 16.0 Å². The summed E-state index contributed by atoms with van der Waals surface area (Å²) in [6.45, 7) is 7.26. The summed E-state index contributed by atoms with van der Waals surface area (Å²) in [5.41, 5.74) is -9.91. The van der Waals surface area contributed by atoms with Crippen LogP contribution < -0.4 is 16.0 Å². The molecule has 0 amide bonds. The maximum absolute atomic E-state index is 13.6. The van der Waals surface area contributed by atoms with Gasteiger partial charge in [-0.15, -0.1) is 0 Å². The third kappa shape index (κ3) is 8.05. The fourth-order valence-electron chi connectivity index (χ4n) is 4.30. The van der Waals surface area contributed by atoms with E-state index in [4.69, 9.17) is 0 Å². The summed E-state index contributed by atoms with van der Waals surface area (Å²) < 4.78 is 0. The van der Waals surface area contributed by atoms with Crippen molar-refractivity contribution in [2.24, 2.45) is 5.92 Å². The molecule has 224 valence electrons. The van der Waals surface area contributed by atoms with Gasteiger partial charge in [-0.1, -0.05) is 33.6 Å². The Bertz CT molecular complexity index is 937. The molecule has 0 fully saturated rings. The van der Waals surface area contributed by atoms with Gasteiger partial charge >= 0.3 is 5.97 Å². The second-order valence-corrected chi connectivity index (χ2v) is 10.2. The molecule has 13 nitrogen and oxygen atoms in total.